The standard InChI is InChI=1S/C16H20N2O3/c17-12-16(8-6-13(10-16)7-9-19)18-15(20)21-11-14-4-2-1-3-5-14/h1-5,13,19H,6-11H2,(H,18,20). The maximum absolute atomic E-state index is 11.9. The number of aliphatic hydroxyl groups excluding tert-OH is 1. The average molecular weight is 288 g/mol. The highest BCUT2D eigenvalue weighted by molar-refractivity contribution is 5.69. The maximum atomic E-state index is 11.9. The van der Waals surface area contributed by atoms with Crippen molar-refractivity contribution in [2.45, 2.75) is 37.8 Å². The first-order chi connectivity index (χ1) is 10.2. The number of hydrogen-bond donors (Lipinski definition) is 2. The zero-order chi connectivity index (χ0) is 15.1. The summed E-state index contributed by atoms with van der Waals surface area (Å²) in [5.41, 5.74) is 0.0522. The van der Waals surface area contributed by atoms with Gasteiger partial charge in [0.1, 0.15) is 12.1 Å². The van der Waals surface area contributed by atoms with Gasteiger partial charge >= 0.3 is 6.09 Å². The lowest BCUT2D eigenvalue weighted by Gasteiger charge is -2.22. The number of nitrogens with zero attached hydrogens (tertiary/aromatic N) is 1. The number of nitriles is 1. The maximum Gasteiger partial charge on any atom is 0.408 e. The van der Waals surface area contributed by atoms with E-state index < -0.39 is 11.6 Å². The number of hydrogen-bond acceptors (Lipinski definition) is 4. The van der Waals surface area contributed by atoms with Crippen LogP contribution in [-0.2, 0) is 11.3 Å². The largest absolute Gasteiger partial charge is 0.445 e. The fourth-order valence-electron chi connectivity index (χ4n) is 2.77. The van der Waals surface area contributed by atoms with Crippen LogP contribution in [0.1, 0.15) is 31.2 Å². The summed E-state index contributed by atoms with van der Waals surface area (Å²) in [5, 5.41) is 21.0. The van der Waals surface area contributed by atoms with Gasteiger partial charge in [0.2, 0.25) is 0 Å². The van der Waals surface area contributed by atoms with E-state index in [-0.39, 0.29) is 19.1 Å². The van der Waals surface area contributed by atoms with Crippen molar-refractivity contribution in [1.29, 1.82) is 5.26 Å². The van der Waals surface area contributed by atoms with Crippen LogP contribution in [0.5, 0.6) is 0 Å². The molecule has 0 radical (unpaired) electrons. The van der Waals surface area contributed by atoms with Crippen LogP contribution < -0.4 is 5.32 Å². The molecule has 5 heteroatoms. The van der Waals surface area contributed by atoms with Crippen LogP contribution in [0, 0.1) is 17.2 Å². The molecule has 0 spiro atoms. The number of rotatable bonds is 5. The van der Waals surface area contributed by atoms with E-state index in [9.17, 15) is 10.1 Å². The average Bonchev–Trinajstić information content (AvgIpc) is 2.90. The first-order valence-corrected chi connectivity index (χ1v) is 7.18. The van der Waals surface area contributed by atoms with Crippen LogP contribution in [0.4, 0.5) is 4.79 Å². The van der Waals surface area contributed by atoms with Crippen molar-refractivity contribution in [3.63, 3.8) is 0 Å². The van der Waals surface area contributed by atoms with Crippen LogP contribution in [0.25, 0.3) is 0 Å². The molecule has 1 aliphatic rings. The smallest absolute Gasteiger partial charge is 0.408 e. The van der Waals surface area contributed by atoms with Gasteiger partial charge in [0.05, 0.1) is 6.07 Å². The summed E-state index contributed by atoms with van der Waals surface area (Å²) in [6.45, 7) is 0.304. The summed E-state index contributed by atoms with van der Waals surface area (Å²) in [6, 6.07) is 11.6. The molecule has 0 bridgehead atoms. The summed E-state index contributed by atoms with van der Waals surface area (Å²) < 4.78 is 5.16. The van der Waals surface area contributed by atoms with Crippen molar-refractivity contribution in [2.24, 2.45) is 5.92 Å². The molecule has 2 rings (SSSR count). The molecule has 1 amide bonds. The monoisotopic (exact) mass is 288 g/mol. The van der Waals surface area contributed by atoms with Crippen LogP contribution in [0.3, 0.4) is 0 Å². The Morgan fingerprint density at radius 2 is 2.24 bits per heavy atom. The van der Waals surface area contributed by atoms with Gasteiger partial charge in [-0.2, -0.15) is 5.26 Å². The molecule has 21 heavy (non-hydrogen) atoms. The minimum absolute atomic E-state index is 0.116. The molecular weight excluding hydrogens is 268 g/mol. The summed E-state index contributed by atoms with van der Waals surface area (Å²) in [6.07, 6.45) is 2.13. The lowest BCUT2D eigenvalue weighted by molar-refractivity contribution is 0.131. The third-order valence-electron chi connectivity index (χ3n) is 3.92. The lowest BCUT2D eigenvalue weighted by atomic mass is 9.97. The summed E-state index contributed by atoms with van der Waals surface area (Å²) in [5.74, 6) is 0.282. The molecule has 5 nitrogen and oxygen atoms in total. The number of aliphatic hydroxyl groups is 1. The Kier molecular flexibility index (Phi) is 5.18. The number of nitrogens with one attached hydrogen (secondary N) is 1. The van der Waals surface area contributed by atoms with Crippen molar-refractivity contribution in [1.82, 2.24) is 5.32 Å². The third-order valence-corrected chi connectivity index (χ3v) is 3.92. The van der Waals surface area contributed by atoms with Crippen molar-refractivity contribution >= 4 is 6.09 Å². The molecule has 0 saturated heterocycles. The molecule has 1 aromatic carbocycles. The molecular formula is C16H20N2O3. The number of benzene rings is 1. The number of ether oxygens (including phenoxy) is 1. The van der Waals surface area contributed by atoms with E-state index in [0.29, 0.717) is 19.3 Å². The minimum Gasteiger partial charge on any atom is -0.445 e. The fraction of sp³-hybridized carbons (Fsp3) is 0.500. The minimum atomic E-state index is -0.854. The van der Waals surface area contributed by atoms with Gasteiger partial charge in [0, 0.05) is 6.61 Å². The molecule has 1 saturated carbocycles. The third kappa shape index (κ3) is 4.20. The molecule has 1 aromatic rings. The Balaban J connectivity index is 1.85. The first-order valence-electron chi connectivity index (χ1n) is 7.18. The van der Waals surface area contributed by atoms with Gasteiger partial charge in [0.25, 0.3) is 0 Å². The van der Waals surface area contributed by atoms with Gasteiger partial charge in [-0.1, -0.05) is 30.3 Å². The molecule has 2 atom stereocenters. The van der Waals surface area contributed by atoms with Crippen molar-refractivity contribution in [3.05, 3.63) is 35.9 Å². The second-order valence-corrected chi connectivity index (χ2v) is 5.50. The molecule has 2 unspecified atom stereocenters. The van der Waals surface area contributed by atoms with E-state index in [4.69, 9.17) is 9.84 Å². The molecule has 112 valence electrons. The Bertz CT molecular complexity index is 512. The van der Waals surface area contributed by atoms with Gasteiger partial charge in [-0.05, 0) is 37.2 Å². The quantitative estimate of drug-likeness (QED) is 0.871. The zero-order valence-electron chi connectivity index (χ0n) is 11.9. The normalized spacial score (nSPS) is 24.3. The summed E-state index contributed by atoms with van der Waals surface area (Å²) in [7, 11) is 0. The van der Waals surface area contributed by atoms with Gasteiger partial charge < -0.3 is 15.2 Å². The van der Waals surface area contributed by atoms with E-state index in [1.165, 1.54) is 0 Å². The zero-order valence-corrected chi connectivity index (χ0v) is 11.9. The second kappa shape index (κ2) is 7.09. The Morgan fingerprint density at radius 3 is 2.90 bits per heavy atom. The highest BCUT2D eigenvalue weighted by Gasteiger charge is 2.40. The molecule has 0 aliphatic heterocycles. The number of alkyl carbamates (subject to hydrolysis) is 1. The lowest BCUT2D eigenvalue weighted by Crippen LogP contribution is -2.45. The summed E-state index contributed by atoms with van der Waals surface area (Å²) >= 11 is 0. The van der Waals surface area contributed by atoms with Crippen molar-refractivity contribution in [2.75, 3.05) is 6.61 Å². The van der Waals surface area contributed by atoms with Crippen molar-refractivity contribution in [3.8, 4) is 6.07 Å². The van der Waals surface area contributed by atoms with Crippen LogP contribution in [0.15, 0.2) is 30.3 Å². The Morgan fingerprint density at radius 1 is 1.48 bits per heavy atom. The predicted molar refractivity (Wildman–Crippen MR) is 77.2 cm³/mol. The molecule has 0 heterocycles. The van der Waals surface area contributed by atoms with E-state index in [1.807, 2.05) is 30.3 Å². The van der Waals surface area contributed by atoms with E-state index in [0.717, 1.165) is 12.0 Å². The van der Waals surface area contributed by atoms with Crippen LogP contribution >= 0.6 is 0 Å². The molecule has 2 N–H and O–H groups in total. The molecule has 0 aromatic heterocycles. The number of carbonyl (C=O) groups excluding carboxylic acids is 1. The Hall–Kier alpha value is -2.06. The highest BCUT2D eigenvalue weighted by Crippen LogP contribution is 2.36. The van der Waals surface area contributed by atoms with E-state index >= 15 is 0 Å². The predicted octanol–water partition coefficient (Wildman–Crippen LogP) is 2.36. The van der Waals surface area contributed by atoms with Crippen LogP contribution in [-0.4, -0.2) is 23.3 Å². The topological polar surface area (TPSA) is 82.4 Å². The summed E-state index contributed by atoms with van der Waals surface area (Å²) in [4.78, 5) is 11.9. The Labute approximate surface area is 124 Å². The first kappa shape index (κ1) is 15.3. The molecule has 1 fully saturated rings. The van der Waals surface area contributed by atoms with Gasteiger partial charge in [-0.15, -0.1) is 0 Å². The van der Waals surface area contributed by atoms with Crippen LogP contribution in [0.2, 0.25) is 0 Å². The van der Waals surface area contributed by atoms with Gasteiger partial charge in [0.15, 0.2) is 0 Å². The molecule has 1 aliphatic carbocycles. The fourth-order valence-corrected chi connectivity index (χ4v) is 2.77. The number of amides is 1. The highest BCUT2D eigenvalue weighted by atomic mass is 16.5. The van der Waals surface area contributed by atoms with Gasteiger partial charge in [-0.25, -0.2) is 4.79 Å². The van der Waals surface area contributed by atoms with E-state index in [1.54, 1.807) is 0 Å². The second-order valence-electron chi connectivity index (χ2n) is 5.50. The SMILES string of the molecule is N#CC1(NC(=O)OCc2ccccc2)CCC(CCO)C1. The van der Waals surface area contributed by atoms with Crippen molar-refractivity contribution < 1.29 is 14.6 Å². The van der Waals surface area contributed by atoms with E-state index in [2.05, 4.69) is 11.4 Å². The number of carbonyl (C=O) groups is 1. The van der Waals surface area contributed by atoms with Gasteiger partial charge in [-0.3, -0.25) is 0 Å².